The van der Waals surface area contributed by atoms with Crippen molar-refractivity contribution in [1.29, 1.82) is 0 Å². The SMILES string of the molecule is CC(C)c1nc(Cl)c(C(C)(C)C)s1. The predicted molar refractivity (Wildman–Crippen MR) is 59.9 cm³/mol. The van der Waals surface area contributed by atoms with Crippen molar-refractivity contribution < 1.29 is 0 Å². The van der Waals surface area contributed by atoms with Gasteiger partial charge in [-0.2, -0.15) is 0 Å². The van der Waals surface area contributed by atoms with Crippen LogP contribution in [0.15, 0.2) is 0 Å². The van der Waals surface area contributed by atoms with Gasteiger partial charge in [-0.05, 0) is 5.41 Å². The van der Waals surface area contributed by atoms with Crippen molar-refractivity contribution >= 4 is 22.9 Å². The minimum absolute atomic E-state index is 0.113. The van der Waals surface area contributed by atoms with Gasteiger partial charge in [-0.3, -0.25) is 0 Å². The molecule has 1 heterocycles. The third kappa shape index (κ3) is 2.44. The molecule has 1 aromatic rings. The Morgan fingerprint density at radius 3 is 2.08 bits per heavy atom. The second-order valence-corrected chi connectivity index (χ2v) is 5.97. The van der Waals surface area contributed by atoms with E-state index in [0.717, 1.165) is 5.01 Å². The first-order valence-electron chi connectivity index (χ1n) is 4.49. The summed E-state index contributed by atoms with van der Waals surface area (Å²) in [7, 11) is 0. The summed E-state index contributed by atoms with van der Waals surface area (Å²) in [6.07, 6.45) is 0. The topological polar surface area (TPSA) is 12.9 Å². The maximum atomic E-state index is 6.07. The number of thiazole rings is 1. The highest BCUT2D eigenvalue weighted by atomic mass is 35.5. The minimum Gasteiger partial charge on any atom is -0.229 e. The molecule has 0 atom stereocenters. The van der Waals surface area contributed by atoms with Crippen molar-refractivity contribution in [2.75, 3.05) is 0 Å². The van der Waals surface area contributed by atoms with Gasteiger partial charge >= 0.3 is 0 Å². The number of rotatable bonds is 1. The van der Waals surface area contributed by atoms with E-state index in [-0.39, 0.29) is 5.41 Å². The van der Waals surface area contributed by atoms with Gasteiger partial charge in [0.25, 0.3) is 0 Å². The van der Waals surface area contributed by atoms with E-state index in [1.807, 2.05) is 0 Å². The van der Waals surface area contributed by atoms with Gasteiger partial charge in [0.2, 0.25) is 0 Å². The van der Waals surface area contributed by atoms with E-state index in [2.05, 4.69) is 39.6 Å². The molecule has 1 aromatic heterocycles. The Balaban J connectivity index is 3.11. The van der Waals surface area contributed by atoms with Crippen LogP contribution in [-0.4, -0.2) is 4.98 Å². The fourth-order valence-corrected chi connectivity index (χ4v) is 2.58. The third-order valence-corrected chi connectivity index (χ3v) is 3.94. The molecule has 0 aliphatic heterocycles. The summed E-state index contributed by atoms with van der Waals surface area (Å²) in [6, 6.07) is 0. The maximum absolute atomic E-state index is 6.07. The summed E-state index contributed by atoms with van der Waals surface area (Å²) in [5, 5.41) is 1.82. The zero-order valence-corrected chi connectivity index (χ0v) is 10.4. The molecule has 0 saturated heterocycles. The Bertz CT molecular complexity index is 296. The number of nitrogens with zero attached hydrogens (tertiary/aromatic N) is 1. The Hall–Kier alpha value is -0.0800. The molecule has 0 spiro atoms. The lowest BCUT2D eigenvalue weighted by atomic mass is 9.95. The lowest BCUT2D eigenvalue weighted by Crippen LogP contribution is -2.08. The molecule has 74 valence electrons. The first-order chi connectivity index (χ1) is 5.82. The monoisotopic (exact) mass is 217 g/mol. The Morgan fingerprint density at radius 2 is 1.85 bits per heavy atom. The lowest BCUT2D eigenvalue weighted by Gasteiger charge is -2.15. The van der Waals surface area contributed by atoms with Gasteiger partial charge in [0.1, 0.15) is 5.15 Å². The number of aromatic nitrogens is 1. The van der Waals surface area contributed by atoms with E-state index in [4.69, 9.17) is 11.6 Å². The molecular weight excluding hydrogens is 202 g/mol. The zero-order chi connectivity index (χ0) is 10.2. The van der Waals surface area contributed by atoms with Gasteiger partial charge < -0.3 is 0 Å². The van der Waals surface area contributed by atoms with Crippen molar-refractivity contribution in [3.8, 4) is 0 Å². The standard InChI is InChI=1S/C10H16ClNS/c1-6(2)9-12-8(11)7(13-9)10(3,4)5/h6H,1-5H3. The van der Waals surface area contributed by atoms with Crippen molar-refractivity contribution in [2.45, 2.75) is 46.0 Å². The molecule has 0 bridgehead atoms. The molecule has 0 aromatic carbocycles. The van der Waals surface area contributed by atoms with Crippen LogP contribution in [0.5, 0.6) is 0 Å². The molecule has 0 aliphatic rings. The van der Waals surface area contributed by atoms with Crippen LogP contribution >= 0.6 is 22.9 Å². The first-order valence-corrected chi connectivity index (χ1v) is 5.68. The van der Waals surface area contributed by atoms with Gasteiger partial charge in [-0.25, -0.2) is 4.98 Å². The van der Waals surface area contributed by atoms with E-state index >= 15 is 0 Å². The van der Waals surface area contributed by atoms with E-state index in [9.17, 15) is 0 Å². The van der Waals surface area contributed by atoms with Crippen molar-refractivity contribution in [3.05, 3.63) is 15.0 Å². The van der Waals surface area contributed by atoms with Crippen molar-refractivity contribution in [1.82, 2.24) is 4.98 Å². The summed E-state index contributed by atoms with van der Waals surface area (Å²) >= 11 is 7.80. The third-order valence-electron chi connectivity index (χ3n) is 1.78. The van der Waals surface area contributed by atoms with Crippen LogP contribution in [-0.2, 0) is 5.41 Å². The molecule has 0 fully saturated rings. The van der Waals surface area contributed by atoms with Crippen LogP contribution in [0.2, 0.25) is 5.15 Å². The summed E-state index contributed by atoms with van der Waals surface area (Å²) in [5.74, 6) is 0.471. The molecule has 0 aliphatic carbocycles. The molecule has 0 saturated carbocycles. The van der Waals surface area contributed by atoms with Crippen LogP contribution in [0.25, 0.3) is 0 Å². The average Bonchev–Trinajstić information content (AvgIpc) is 2.29. The summed E-state index contributed by atoms with van der Waals surface area (Å²) < 4.78 is 0. The zero-order valence-electron chi connectivity index (χ0n) is 8.81. The Kier molecular flexibility index (Phi) is 3.03. The van der Waals surface area contributed by atoms with E-state index < -0.39 is 0 Å². The molecule has 0 unspecified atom stereocenters. The highest BCUT2D eigenvalue weighted by Gasteiger charge is 2.22. The van der Waals surface area contributed by atoms with Gasteiger partial charge in [0.05, 0.1) is 5.01 Å². The molecule has 0 N–H and O–H groups in total. The average molecular weight is 218 g/mol. The van der Waals surface area contributed by atoms with E-state index in [1.54, 1.807) is 11.3 Å². The highest BCUT2D eigenvalue weighted by molar-refractivity contribution is 7.12. The summed E-state index contributed by atoms with van der Waals surface area (Å²) in [5.41, 5.74) is 0.113. The van der Waals surface area contributed by atoms with Gasteiger partial charge in [0.15, 0.2) is 0 Å². The van der Waals surface area contributed by atoms with E-state index in [1.165, 1.54) is 4.88 Å². The van der Waals surface area contributed by atoms with Gasteiger partial charge in [-0.1, -0.05) is 46.2 Å². The Morgan fingerprint density at radius 1 is 1.31 bits per heavy atom. The van der Waals surface area contributed by atoms with Crippen LogP contribution in [0, 0.1) is 0 Å². The Labute approximate surface area is 89.1 Å². The normalized spacial score (nSPS) is 12.5. The number of hydrogen-bond acceptors (Lipinski definition) is 2. The summed E-state index contributed by atoms with van der Waals surface area (Å²) in [4.78, 5) is 5.55. The highest BCUT2D eigenvalue weighted by Crippen LogP contribution is 2.36. The van der Waals surface area contributed by atoms with Crippen LogP contribution in [0.3, 0.4) is 0 Å². The molecular formula is C10H16ClNS. The van der Waals surface area contributed by atoms with Crippen LogP contribution in [0.1, 0.15) is 50.4 Å². The number of halogens is 1. The molecule has 0 amide bonds. The number of hydrogen-bond donors (Lipinski definition) is 0. The van der Waals surface area contributed by atoms with Gasteiger partial charge in [-0.15, -0.1) is 11.3 Å². The van der Waals surface area contributed by atoms with Crippen LogP contribution in [0.4, 0.5) is 0 Å². The molecule has 13 heavy (non-hydrogen) atoms. The fourth-order valence-electron chi connectivity index (χ4n) is 1.03. The molecule has 1 rings (SSSR count). The van der Waals surface area contributed by atoms with E-state index in [0.29, 0.717) is 11.1 Å². The van der Waals surface area contributed by atoms with Crippen LogP contribution < -0.4 is 0 Å². The largest absolute Gasteiger partial charge is 0.229 e. The fraction of sp³-hybridized carbons (Fsp3) is 0.700. The summed E-state index contributed by atoms with van der Waals surface area (Å²) in [6.45, 7) is 10.8. The molecule has 0 radical (unpaired) electrons. The maximum Gasteiger partial charge on any atom is 0.143 e. The van der Waals surface area contributed by atoms with Crippen molar-refractivity contribution in [2.24, 2.45) is 0 Å². The van der Waals surface area contributed by atoms with Gasteiger partial charge in [0, 0.05) is 10.8 Å². The minimum atomic E-state index is 0.113. The molecule has 3 heteroatoms. The smallest absolute Gasteiger partial charge is 0.143 e. The predicted octanol–water partition coefficient (Wildman–Crippen LogP) is 4.22. The quantitative estimate of drug-likeness (QED) is 0.687. The lowest BCUT2D eigenvalue weighted by molar-refractivity contribution is 0.602. The van der Waals surface area contributed by atoms with Crippen molar-refractivity contribution in [3.63, 3.8) is 0 Å². The first kappa shape index (κ1) is 11.0. The second-order valence-electron chi connectivity index (χ2n) is 4.58. The molecule has 1 nitrogen and oxygen atoms in total. The second kappa shape index (κ2) is 3.58.